The van der Waals surface area contributed by atoms with Gasteiger partial charge in [-0.3, -0.25) is 9.59 Å². The Morgan fingerprint density at radius 2 is 1.43 bits per heavy atom. The third kappa shape index (κ3) is 44.5. The van der Waals surface area contributed by atoms with E-state index in [1.807, 2.05) is 0 Å². The van der Waals surface area contributed by atoms with Crippen molar-refractivity contribution in [3.05, 3.63) is 0 Å². The molecule has 2 amide bonds. The van der Waals surface area contributed by atoms with Crippen LogP contribution in [-0.4, -0.2) is 62.0 Å². The fraction of sp³-hybridized carbons (Fsp3) is 0.778. The molecule has 0 aliphatic rings. The summed E-state index contributed by atoms with van der Waals surface area (Å²) < 4.78 is 0. The Morgan fingerprint density at radius 1 is 1.29 bits per heavy atom. The number of hydrogen-bond donors (Lipinski definition) is 1. The van der Waals surface area contributed by atoms with Gasteiger partial charge in [0, 0.05) is 41.7 Å². The van der Waals surface area contributed by atoms with Crippen LogP contribution in [0.4, 0.5) is 0 Å². The highest BCUT2D eigenvalue weighted by atomic mass is 16.2. The SMILES string of the molecule is CC(=O)N(C)C.CCO.CN(C)C=O. The molecule has 0 aromatic carbocycles. The second kappa shape index (κ2) is 14.4. The van der Waals surface area contributed by atoms with E-state index in [2.05, 4.69) is 0 Å². The Hall–Kier alpha value is -1.10. The summed E-state index contributed by atoms with van der Waals surface area (Å²) in [5.74, 6) is 0.0926. The summed E-state index contributed by atoms with van der Waals surface area (Å²) in [7, 11) is 6.82. The molecular formula is C9H22N2O3. The summed E-state index contributed by atoms with van der Waals surface area (Å²) in [6.07, 6.45) is 0.750. The molecule has 0 aliphatic heterocycles. The number of rotatable bonds is 1. The van der Waals surface area contributed by atoms with Gasteiger partial charge in [0.25, 0.3) is 0 Å². The molecule has 86 valence electrons. The van der Waals surface area contributed by atoms with Crippen LogP contribution < -0.4 is 0 Å². The normalized spacial score (nSPS) is 7.07. The first-order chi connectivity index (χ1) is 6.33. The molecular weight excluding hydrogens is 184 g/mol. The monoisotopic (exact) mass is 206 g/mol. The van der Waals surface area contributed by atoms with Crippen molar-refractivity contribution in [1.82, 2.24) is 9.80 Å². The van der Waals surface area contributed by atoms with Gasteiger partial charge in [0.15, 0.2) is 0 Å². The van der Waals surface area contributed by atoms with Gasteiger partial charge in [0.2, 0.25) is 12.3 Å². The molecule has 1 N–H and O–H groups in total. The van der Waals surface area contributed by atoms with Crippen molar-refractivity contribution in [2.24, 2.45) is 0 Å². The summed E-state index contributed by atoms with van der Waals surface area (Å²) in [4.78, 5) is 22.5. The van der Waals surface area contributed by atoms with Gasteiger partial charge in [0.05, 0.1) is 0 Å². The van der Waals surface area contributed by atoms with Crippen molar-refractivity contribution in [3.8, 4) is 0 Å². The molecule has 0 saturated heterocycles. The van der Waals surface area contributed by atoms with E-state index in [4.69, 9.17) is 5.11 Å². The molecule has 0 fully saturated rings. The van der Waals surface area contributed by atoms with Crippen molar-refractivity contribution in [1.29, 1.82) is 0 Å². The van der Waals surface area contributed by atoms with Gasteiger partial charge in [0.1, 0.15) is 0 Å². The maximum absolute atomic E-state index is 10.1. The van der Waals surface area contributed by atoms with E-state index >= 15 is 0 Å². The Bertz CT molecular complexity index is 136. The summed E-state index contributed by atoms with van der Waals surface area (Å²) in [5.41, 5.74) is 0. The van der Waals surface area contributed by atoms with Gasteiger partial charge >= 0.3 is 0 Å². The predicted octanol–water partition coefficient (Wildman–Crippen LogP) is -0.202. The molecule has 5 heteroatoms. The molecule has 0 radical (unpaired) electrons. The first-order valence-electron chi connectivity index (χ1n) is 4.23. The van der Waals surface area contributed by atoms with E-state index in [1.54, 1.807) is 35.1 Å². The molecule has 0 aliphatic carbocycles. The highest BCUT2D eigenvalue weighted by Gasteiger charge is 1.87. The minimum absolute atomic E-state index is 0.0926. The summed E-state index contributed by atoms with van der Waals surface area (Å²) >= 11 is 0. The fourth-order valence-electron chi connectivity index (χ4n) is 0. The van der Waals surface area contributed by atoms with Gasteiger partial charge in [-0.25, -0.2) is 0 Å². The molecule has 5 nitrogen and oxygen atoms in total. The van der Waals surface area contributed by atoms with Crippen LogP contribution in [0, 0.1) is 0 Å². The molecule has 0 heterocycles. The van der Waals surface area contributed by atoms with Gasteiger partial charge in [-0.15, -0.1) is 0 Å². The van der Waals surface area contributed by atoms with Crippen LogP contribution in [0.3, 0.4) is 0 Å². The second-order valence-electron chi connectivity index (χ2n) is 2.80. The summed E-state index contributed by atoms with van der Waals surface area (Å²) in [6.45, 7) is 3.46. The highest BCUT2D eigenvalue weighted by Crippen LogP contribution is 1.69. The van der Waals surface area contributed by atoms with Gasteiger partial charge < -0.3 is 14.9 Å². The fourth-order valence-corrected chi connectivity index (χ4v) is 0. The lowest BCUT2D eigenvalue weighted by atomic mass is 10.7. The van der Waals surface area contributed by atoms with E-state index in [-0.39, 0.29) is 12.5 Å². The number of aliphatic hydroxyl groups excluding tert-OH is 1. The van der Waals surface area contributed by atoms with Crippen LogP contribution in [0.25, 0.3) is 0 Å². The number of hydrogen-bond acceptors (Lipinski definition) is 3. The van der Waals surface area contributed by atoms with Crippen LogP contribution in [0.1, 0.15) is 13.8 Å². The lowest BCUT2D eigenvalue weighted by Crippen LogP contribution is -2.17. The number of aliphatic hydroxyl groups is 1. The van der Waals surface area contributed by atoms with Crippen molar-refractivity contribution >= 4 is 12.3 Å². The van der Waals surface area contributed by atoms with Crippen LogP contribution >= 0.6 is 0 Å². The Kier molecular flexibility index (Phi) is 19.2. The van der Waals surface area contributed by atoms with E-state index in [0.29, 0.717) is 0 Å². The quantitative estimate of drug-likeness (QED) is 0.604. The van der Waals surface area contributed by atoms with Crippen molar-refractivity contribution in [3.63, 3.8) is 0 Å². The van der Waals surface area contributed by atoms with E-state index in [1.165, 1.54) is 16.7 Å². The Balaban J connectivity index is -0.000000138. The third-order valence-electron chi connectivity index (χ3n) is 0.841. The molecule has 0 unspecified atom stereocenters. The van der Waals surface area contributed by atoms with E-state index in [0.717, 1.165) is 6.41 Å². The second-order valence-corrected chi connectivity index (χ2v) is 2.80. The zero-order valence-corrected chi connectivity index (χ0v) is 9.94. The maximum atomic E-state index is 10.1. The minimum Gasteiger partial charge on any atom is -0.397 e. The highest BCUT2D eigenvalue weighted by molar-refractivity contribution is 5.72. The smallest absolute Gasteiger partial charge is 0.218 e. The first kappa shape index (κ1) is 18.6. The number of carbonyl (C=O) groups is 2. The van der Waals surface area contributed by atoms with Crippen molar-refractivity contribution in [2.45, 2.75) is 13.8 Å². The third-order valence-corrected chi connectivity index (χ3v) is 0.841. The minimum atomic E-state index is 0.0926. The summed E-state index contributed by atoms with van der Waals surface area (Å²) in [6, 6.07) is 0. The van der Waals surface area contributed by atoms with Crippen LogP contribution in [-0.2, 0) is 9.59 Å². The predicted molar refractivity (Wildman–Crippen MR) is 56.9 cm³/mol. The average molecular weight is 206 g/mol. The maximum Gasteiger partial charge on any atom is 0.218 e. The average Bonchev–Trinajstić information content (AvgIpc) is 2.06. The molecule has 0 spiro atoms. The Labute approximate surface area is 86.3 Å². The topological polar surface area (TPSA) is 60.9 Å². The zero-order valence-electron chi connectivity index (χ0n) is 9.94. The number of carbonyl (C=O) groups excluding carboxylic acids is 2. The Morgan fingerprint density at radius 3 is 1.43 bits per heavy atom. The standard InChI is InChI=1S/C4H9NO.C3H7NO.C2H6O/c1-4(6)5(2)3;1-4(2)3-5;1-2-3/h1-3H3;3H,1-2H3;3H,2H2,1H3. The molecule has 0 aromatic heterocycles. The largest absolute Gasteiger partial charge is 0.397 e. The van der Waals surface area contributed by atoms with Gasteiger partial charge in [-0.1, -0.05) is 0 Å². The van der Waals surface area contributed by atoms with Crippen LogP contribution in [0.2, 0.25) is 0 Å². The lowest BCUT2D eigenvalue weighted by Gasteiger charge is -2.02. The molecule has 0 bridgehead atoms. The summed E-state index contributed by atoms with van der Waals surface area (Å²) in [5, 5.41) is 7.57. The van der Waals surface area contributed by atoms with E-state index in [9.17, 15) is 9.59 Å². The van der Waals surface area contributed by atoms with Crippen LogP contribution in [0.15, 0.2) is 0 Å². The van der Waals surface area contributed by atoms with Crippen LogP contribution in [0.5, 0.6) is 0 Å². The zero-order chi connectivity index (χ0) is 12.1. The van der Waals surface area contributed by atoms with Gasteiger partial charge in [-0.05, 0) is 6.92 Å². The van der Waals surface area contributed by atoms with Crippen molar-refractivity contribution < 1.29 is 14.7 Å². The van der Waals surface area contributed by atoms with E-state index < -0.39 is 0 Å². The first-order valence-corrected chi connectivity index (χ1v) is 4.23. The molecule has 0 atom stereocenters. The molecule has 14 heavy (non-hydrogen) atoms. The van der Waals surface area contributed by atoms with Gasteiger partial charge in [-0.2, -0.15) is 0 Å². The molecule has 0 aromatic rings. The van der Waals surface area contributed by atoms with Crippen molar-refractivity contribution in [2.75, 3.05) is 34.8 Å². The lowest BCUT2D eigenvalue weighted by molar-refractivity contribution is -0.126. The molecule has 0 rings (SSSR count). The number of amides is 2. The molecule has 0 saturated carbocycles. The number of nitrogens with zero attached hydrogens (tertiary/aromatic N) is 2.